The molecule has 5 rings (SSSR count). The number of benzene rings is 1. The minimum atomic E-state index is -5.08. The number of hydrogen-bond donors (Lipinski definition) is 7. The Hall–Kier alpha value is -5.48. The van der Waals surface area contributed by atoms with Crippen LogP contribution >= 0.6 is 0 Å². The second kappa shape index (κ2) is 16.3. The van der Waals surface area contributed by atoms with Crippen LogP contribution < -0.4 is 20.1 Å². The summed E-state index contributed by atoms with van der Waals surface area (Å²) in [5, 5.41) is 49.8. The van der Waals surface area contributed by atoms with Gasteiger partial charge in [0.15, 0.2) is 17.6 Å². The van der Waals surface area contributed by atoms with E-state index in [2.05, 4.69) is 10.6 Å². The molecule has 2 amide bonds. The number of piperidine rings is 1. The number of carbonyl (C=O) groups excluding carboxylic acids is 4. The number of nitrogens with zero attached hydrogens (tertiary/aromatic N) is 1. The van der Waals surface area contributed by atoms with E-state index in [-0.39, 0.29) is 12.2 Å². The Balaban J connectivity index is 0.000000908. The number of hydrogen-bond acceptors (Lipinski definition) is 14. The van der Waals surface area contributed by atoms with E-state index in [0.29, 0.717) is 36.4 Å². The molecule has 2 aliphatic heterocycles. The number of carboxylic acids is 3. The molecule has 1 saturated heterocycles. The average molecular weight is 804 g/mol. The molecule has 1 fully saturated rings. The number of carbonyl (C=O) groups is 7. The number of amides is 2. The summed E-state index contributed by atoms with van der Waals surface area (Å²) < 4.78 is 56.0. The van der Waals surface area contributed by atoms with Crippen LogP contribution in [0.25, 0.3) is 0 Å². The second-order valence-corrected chi connectivity index (χ2v) is 13.6. The summed E-state index contributed by atoms with van der Waals surface area (Å²) in [7, 11) is 3.32. The number of nitrogens with one attached hydrogen (secondary N) is 2. The van der Waals surface area contributed by atoms with Gasteiger partial charge in [-0.05, 0) is 58.0 Å². The quantitative estimate of drug-likeness (QED) is 0.122. The summed E-state index contributed by atoms with van der Waals surface area (Å²) in [5.41, 5.74) is -1.03. The number of esters is 2. The molecule has 0 aromatic heterocycles. The smallest absolute Gasteiger partial charge is 0.490 e. The third-order valence-corrected chi connectivity index (χ3v) is 10.0. The molecule has 4 aliphatic rings. The summed E-state index contributed by atoms with van der Waals surface area (Å²) in [4.78, 5) is 85.7. The maximum absolute atomic E-state index is 13.7. The van der Waals surface area contributed by atoms with Crippen LogP contribution in [0, 0.1) is 0 Å². The van der Waals surface area contributed by atoms with Gasteiger partial charge in [-0.15, -0.1) is 0 Å². The Morgan fingerprint density at radius 1 is 0.946 bits per heavy atom. The van der Waals surface area contributed by atoms with Crippen LogP contribution in [0.15, 0.2) is 24.0 Å². The van der Waals surface area contributed by atoms with Crippen molar-refractivity contribution in [1.82, 2.24) is 15.5 Å². The summed E-state index contributed by atoms with van der Waals surface area (Å²) >= 11 is 0. The minimum absolute atomic E-state index is 0.0182. The van der Waals surface area contributed by atoms with Crippen LogP contribution in [0.3, 0.4) is 0 Å². The molecule has 0 saturated carbocycles. The highest BCUT2D eigenvalue weighted by Crippen LogP contribution is 2.66. The van der Waals surface area contributed by atoms with Gasteiger partial charge < -0.3 is 55.1 Å². The van der Waals surface area contributed by atoms with E-state index in [4.69, 9.17) is 28.8 Å². The maximum atomic E-state index is 13.7. The second-order valence-electron chi connectivity index (χ2n) is 13.6. The Morgan fingerprint density at radius 3 is 1.96 bits per heavy atom. The van der Waals surface area contributed by atoms with Crippen molar-refractivity contribution >= 4 is 41.7 Å². The van der Waals surface area contributed by atoms with Gasteiger partial charge >= 0.3 is 36.0 Å². The van der Waals surface area contributed by atoms with Crippen molar-refractivity contribution in [2.24, 2.45) is 0 Å². The number of aliphatic hydroxyl groups is 2. The normalized spacial score (nSPS) is 25.1. The molecule has 1 spiro atoms. The van der Waals surface area contributed by atoms with E-state index in [1.807, 2.05) is 18.0 Å². The number of alkyl halides is 3. The van der Waals surface area contributed by atoms with E-state index < -0.39 is 108 Å². The monoisotopic (exact) mass is 803 g/mol. The molecule has 2 aliphatic carbocycles. The van der Waals surface area contributed by atoms with E-state index in [0.717, 1.165) is 19.4 Å². The molecule has 7 N–H and O–H groups in total. The zero-order valence-corrected chi connectivity index (χ0v) is 30.2. The molecule has 2 heterocycles. The highest BCUT2D eigenvalue weighted by molar-refractivity contribution is 5.90. The van der Waals surface area contributed by atoms with E-state index >= 15 is 0 Å². The van der Waals surface area contributed by atoms with Gasteiger partial charge in [-0.2, -0.15) is 13.2 Å². The summed E-state index contributed by atoms with van der Waals surface area (Å²) in [6.07, 6.45) is -8.54. The lowest BCUT2D eigenvalue weighted by molar-refractivity contribution is -0.207. The van der Waals surface area contributed by atoms with Crippen LogP contribution in [-0.4, -0.2) is 141 Å². The Kier molecular flexibility index (Phi) is 12.6. The van der Waals surface area contributed by atoms with Gasteiger partial charge in [0.2, 0.25) is 11.8 Å². The van der Waals surface area contributed by atoms with E-state index in [1.54, 1.807) is 6.07 Å². The standard InChI is InChI=1S/C32H39N3O14.C2HF3O2/c1-14(36)27(40)33-17(29(42)43)12-22(38)47-20-7-8-32(49-23(39)13-18(30(44)45)34-28(41)15(2)37)21-11-16-5-6-19(46-4)25-24(16)31(32,26(20)48-25)9-10-35(21)3;3-2(4,5)1(6)7/h5-7,14-15,17-18,21,26,36-37H,8-13H2,1-4H3,(H,33,40)(H,34,41)(H,42,43)(H,44,45);(H,6,7)/t14-,15-,17-,18-,21+,26-,31-,32+;/m0./s1. The van der Waals surface area contributed by atoms with Gasteiger partial charge in [-0.25, -0.2) is 14.4 Å². The van der Waals surface area contributed by atoms with Crippen LogP contribution in [0.4, 0.5) is 13.2 Å². The first-order valence-electron chi connectivity index (χ1n) is 16.9. The van der Waals surface area contributed by atoms with Crippen LogP contribution in [0.2, 0.25) is 0 Å². The first kappa shape index (κ1) is 43.3. The molecule has 56 heavy (non-hydrogen) atoms. The lowest BCUT2D eigenvalue weighted by atomic mass is 9.50. The fourth-order valence-electron chi connectivity index (χ4n) is 7.49. The van der Waals surface area contributed by atoms with E-state index in [1.165, 1.54) is 13.2 Å². The van der Waals surface area contributed by atoms with Gasteiger partial charge in [0.05, 0.1) is 31.4 Å². The van der Waals surface area contributed by atoms with Crippen molar-refractivity contribution in [2.45, 2.75) is 99.6 Å². The molecule has 308 valence electrons. The molecule has 22 heteroatoms. The topological polar surface area (TPSA) is 285 Å². The minimum Gasteiger partial charge on any atom is -0.493 e. The molecule has 1 aromatic carbocycles. The number of aliphatic hydroxyl groups excluding tert-OH is 2. The van der Waals surface area contributed by atoms with Gasteiger partial charge in [-0.3, -0.25) is 24.1 Å². The molecule has 0 radical (unpaired) electrons. The Morgan fingerprint density at radius 2 is 1.48 bits per heavy atom. The van der Waals surface area contributed by atoms with Crippen LogP contribution in [-0.2, 0) is 54.9 Å². The fourth-order valence-corrected chi connectivity index (χ4v) is 7.49. The van der Waals surface area contributed by atoms with E-state index in [9.17, 15) is 62.4 Å². The SMILES string of the molecule is COc1ccc2c3c1O[C@H]1C(OC(=O)C[C@H](NC(=O)[C@H](C)O)C(=O)O)=CC[C@@]4(OC(=O)C[C@H](NC(=O)[C@H](C)O)C(=O)O)[C@@H](C2)N(C)CC[C@]314.O=C(O)C(F)(F)F. The lowest BCUT2D eigenvalue weighted by Crippen LogP contribution is -2.75. The number of aliphatic carboxylic acids is 3. The largest absolute Gasteiger partial charge is 0.493 e. The van der Waals surface area contributed by atoms with Crippen molar-refractivity contribution < 1.29 is 91.2 Å². The summed E-state index contributed by atoms with van der Waals surface area (Å²) in [6.45, 7) is 2.79. The number of likely N-dealkylation sites (tertiary alicyclic amines) is 1. The van der Waals surface area contributed by atoms with Crippen LogP contribution in [0.1, 0.15) is 50.7 Å². The summed E-state index contributed by atoms with van der Waals surface area (Å²) in [6, 6.07) is -0.253. The zero-order valence-electron chi connectivity index (χ0n) is 30.2. The molecule has 0 unspecified atom stereocenters. The third-order valence-electron chi connectivity index (χ3n) is 10.0. The van der Waals surface area contributed by atoms with Crippen molar-refractivity contribution in [2.75, 3.05) is 20.7 Å². The maximum Gasteiger partial charge on any atom is 0.490 e. The first-order valence-corrected chi connectivity index (χ1v) is 16.9. The number of ether oxygens (including phenoxy) is 4. The number of carboxylic acid groups (broad SMARTS) is 3. The molecule has 2 bridgehead atoms. The Bertz CT molecular complexity index is 1820. The first-order chi connectivity index (χ1) is 26.0. The number of halogens is 3. The number of methoxy groups -OCH3 is 1. The van der Waals surface area contributed by atoms with Crippen molar-refractivity contribution in [3.05, 3.63) is 35.1 Å². The van der Waals surface area contributed by atoms with Gasteiger partial charge in [-0.1, -0.05) is 6.07 Å². The highest BCUT2D eigenvalue weighted by Gasteiger charge is 2.74. The number of likely N-dealkylation sites (N-methyl/N-ethyl adjacent to an activating group) is 1. The van der Waals surface area contributed by atoms with Gasteiger partial charge in [0, 0.05) is 12.0 Å². The van der Waals surface area contributed by atoms with Crippen molar-refractivity contribution in [3.63, 3.8) is 0 Å². The predicted molar refractivity (Wildman–Crippen MR) is 177 cm³/mol. The van der Waals surface area contributed by atoms with Gasteiger partial charge in [0.25, 0.3) is 0 Å². The third kappa shape index (κ3) is 8.21. The Labute approximate surface area is 315 Å². The van der Waals surface area contributed by atoms with Crippen molar-refractivity contribution in [3.8, 4) is 11.5 Å². The number of rotatable bonds is 13. The fraction of sp³-hybridized carbons (Fsp3) is 0.559. The summed E-state index contributed by atoms with van der Waals surface area (Å²) in [5.74, 6) is -9.00. The molecule has 19 nitrogen and oxygen atoms in total. The lowest BCUT2D eigenvalue weighted by Gasteiger charge is -2.62. The average Bonchev–Trinajstić information content (AvgIpc) is 3.46. The van der Waals surface area contributed by atoms with Crippen molar-refractivity contribution in [1.29, 1.82) is 0 Å². The molecular formula is C34H40F3N3O16. The molecule has 8 atom stereocenters. The zero-order chi connectivity index (χ0) is 42.1. The predicted octanol–water partition coefficient (Wildman–Crippen LogP) is -0.619. The highest BCUT2D eigenvalue weighted by atomic mass is 19.4. The van der Waals surface area contributed by atoms with Crippen LogP contribution in [0.5, 0.6) is 11.5 Å². The van der Waals surface area contributed by atoms with Gasteiger partial charge in [0.1, 0.15) is 35.7 Å². The molecule has 1 aromatic rings. The molecular weight excluding hydrogens is 763 g/mol.